The summed E-state index contributed by atoms with van der Waals surface area (Å²) in [5.74, 6) is 3.59. The van der Waals surface area contributed by atoms with Gasteiger partial charge in [0.25, 0.3) is 0 Å². The number of hydrogen-bond acceptors (Lipinski definition) is 24. The molecule has 0 radical (unpaired) electrons. The number of benzene rings is 5. The van der Waals surface area contributed by atoms with Gasteiger partial charge in [-0.15, -0.1) is 0 Å². The van der Waals surface area contributed by atoms with E-state index in [2.05, 4.69) is 162 Å². The predicted octanol–water partition coefficient (Wildman–Crippen LogP) is 24.6. The number of fused-ring (bicyclic) bond motifs is 16. The first kappa shape index (κ1) is 70.7. The first-order chi connectivity index (χ1) is 65.3. The summed E-state index contributed by atoms with van der Waals surface area (Å²) in [6.45, 7) is 36.5. The van der Waals surface area contributed by atoms with E-state index < -0.39 is 57.2 Å². The lowest BCUT2D eigenvalue weighted by molar-refractivity contribution is 0.329. The third kappa shape index (κ3) is 14.2. The summed E-state index contributed by atoms with van der Waals surface area (Å²) in [6, 6.07) is 40.6. The van der Waals surface area contributed by atoms with Gasteiger partial charge in [0.05, 0.1) is 32.5 Å². The molecular formula is C103H114N20O4. The topological polar surface area (TPSA) is 224 Å². The largest absolute Gasteiger partial charge is 0.435 e. The van der Waals surface area contributed by atoms with Crippen molar-refractivity contribution in [1.29, 1.82) is 0 Å². The molecule has 1 saturated heterocycles. The quantitative estimate of drug-likeness (QED) is 0.138. The van der Waals surface area contributed by atoms with Crippen LogP contribution in [-0.2, 0) is 0 Å². The van der Waals surface area contributed by atoms with Gasteiger partial charge in [-0.05, 0) is 259 Å². The summed E-state index contributed by atoms with van der Waals surface area (Å²) in [5.41, 5.74) is 20.0. The third-order valence-electron chi connectivity index (χ3n) is 25.5. The fraction of sp³-hybridized carbons (Fsp3) is 0.350. The molecule has 0 spiro atoms. The third-order valence-corrected chi connectivity index (χ3v) is 25.5. The molecule has 12 aromatic heterocycles. The molecule has 1 fully saturated rings. The highest BCUT2D eigenvalue weighted by Gasteiger charge is 2.50. The number of pyridine rings is 5. The molecule has 0 saturated carbocycles. The summed E-state index contributed by atoms with van der Waals surface area (Å²) >= 11 is 0. The summed E-state index contributed by atoms with van der Waals surface area (Å²) in [7, 11) is 0. The highest BCUT2D eigenvalue weighted by molar-refractivity contribution is 6.13. The monoisotopic (exact) mass is 1710 g/mol. The second kappa shape index (κ2) is 32.2. The molecule has 0 bridgehead atoms. The van der Waals surface area contributed by atoms with Crippen LogP contribution >= 0.6 is 0 Å². The number of anilines is 13. The van der Waals surface area contributed by atoms with Crippen molar-refractivity contribution in [3.05, 3.63) is 227 Å². The number of para-hydroxylation sites is 1. The van der Waals surface area contributed by atoms with Gasteiger partial charge in [0.1, 0.15) is 24.7 Å². The normalized spacial score (nSPS) is 20.6. The Morgan fingerprint density at radius 2 is 0.661 bits per heavy atom. The average Bonchev–Trinajstić information content (AvgIpc) is 1.58. The van der Waals surface area contributed by atoms with Gasteiger partial charge in [-0.25, -0.2) is 54.8 Å². The molecule has 24 heteroatoms. The fourth-order valence-electron chi connectivity index (χ4n) is 19.7. The van der Waals surface area contributed by atoms with Gasteiger partial charge in [0.15, 0.2) is 63.1 Å². The van der Waals surface area contributed by atoms with Crippen molar-refractivity contribution in [1.82, 2.24) is 54.8 Å². The Morgan fingerprint density at radius 3 is 1.03 bits per heavy atom. The number of furan rings is 4. The van der Waals surface area contributed by atoms with Gasteiger partial charge in [-0.2, -0.15) is 0 Å². The van der Waals surface area contributed by atoms with E-state index in [4.69, 9.17) is 34.1 Å². The average molecular weight is 1710 g/mol. The summed E-state index contributed by atoms with van der Waals surface area (Å²) < 4.78 is 123. The second-order valence-electron chi connectivity index (χ2n) is 35.4. The molecule has 5 aromatic carbocycles. The van der Waals surface area contributed by atoms with Crippen LogP contribution in [0.15, 0.2) is 195 Å². The van der Waals surface area contributed by atoms with Gasteiger partial charge in [0.2, 0.25) is 22.9 Å². The van der Waals surface area contributed by atoms with E-state index in [9.17, 15) is 0 Å². The lowest BCUT2D eigenvalue weighted by atomic mass is 9.82. The zero-order chi connectivity index (χ0) is 99.8. The smallest absolute Gasteiger partial charge is 0.227 e. The Labute approximate surface area is 759 Å². The van der Waals surface area contributed by atoms with Crippen molar-refractivity contribution in [3.8, 4) is 0 Å². The number of nitrogens with zero attached hydrogens (tertiary/aromatic N) is 20. The highest BCUT2D eigenvalue weighted by Crippen LogP contribution is 2.54. The van der Waals surface area contributed by atoms with Crippen molar-refractivity contribution >= 4 is 163 Å². The number of hydrogen-bond donors (Lipinski definition) is 0. The van der Waals surface area contributed by atoms with Crippen LogP contribution in [0.1, 0.15) is 177 Å². The van der Waals surface area contributed by atoms with Crippen LogP contribution in [0.2, 0.25) is 0 Å². The minimum absolute atomic E-state index is 0.146. The molecule has 24 nitrogen and oxygen atoms in total. The summed E-state index contributed by atoms with van der Waals surface area (Å²) in [5, 5.41) is 7.55. The Hall–Kier alpha value is -13.5. The summed E-state index contributed by atoms with van der Waals surface area (Å²) in [6.07, 6.45) is 10.7. The van der Waals surface area contributed by atoms with Crippen LogP contribution in [0, 0.1) is 67.7 Å². The maximum Gasteiger partial charge on any atom is 0.227 e. The molecule has 17 heterocycles. The van der Waals surface area contributed by atoms with Crippen LogP contribution in [0.3, 0.4) is 0 Å². The predicted molar refractivity (Wildman–Crippen MR) is 518 cm³/mol. The van der Waals surface area contributed by atoms with Crippen LogP contribution < -0.4 is 44.1 Å². The van der Waals surface area contributed by atoms with Gasteiger partial charge in [0, 0.05) is 164 Å². The molecule has 22 rings (SSSR count). The number of rotatable bonds is 8. The van der Waals surface area contributed by atoms with Gasteiger partial charge < -0.3 is 47.1 Å². The van der Waals surface area contributed by atoms with Gasteiger partial charge in [-0.3, -0.25) is 14.7 Å². The van der Waals surface area contributed by atoms with Crippen molar-refractivity contribution < 1.29 is 34.1 Å². The fourth-order valence-corrected chi connectivity index (χ4v) is 19.7. The Balaban J connectivity index is 0.000000117. The van der Waals surface area contributed by atoms with Crippen LogP contribution in [0.5, 0.6) is 0 Å². The van der Waals surface area contributed by atoms with Crippen molar-refractivity contribution in [2.45, 2.75) is 227 Å². The SMILES string of the molecule is Cc1ccccc1N1C(C)C(C)(C)CC1(C)C.[2H]C(C)(C)N1c2nccnc2N(c2c(C)ccc3c2oc2nc(C)ccc23)C1C.[2H]C([2H])([2H])C([2H])(C)N1c2ncccc2N(c2c(C)ccc3c2oc2nc(C)ccc23)C1C.[2H]C([2H])([2H])C([2H])(C)N1c2nccnc2N(c2c(C)ccc3c2oc2nc(C)ccc23)C1C.[2H]C([2H])([2H])N1c2nccnc2N(c2c(C)ccc3c2oc2nc(C)ccc23)C1C. The standard InChI is InChI=1S/C23H24N4O.2C22H23N5O.C20H19N5O.C16H25N/c1-13(2)26-16(5)27(19-7-6-12-24-22(19)26)20-14(3)8-10-17-18-11-9-15(4)25-23(18)28-21(17)20;2*1-12(2)26-15(5)27(21-20(26)23-10-11-24-21)18-13(3)6-8-16-17-9-7-14(4)25-22(17)28-19(16)18;1-11-5-7-14-15-8-6-12(2)23-20(15)26-17(14)16(11)25-13(3)24(4)18-19(25)22-10-9-21-18;1-12-9-7-8-10-14(12)17-13(2)15(3,4)11-16(17,5)6/h6-13,16H,1-5H3;2*6-12,15H,1-5H3;5-10,13H,1-4H3;7-10,13H,11H2,1-6H3/i1D3,13D;1D3,12D;12D;4D3;. The minimum atomic E-state index is -2.56. The number of aromatic nitrogens is 11. The lowest BCUT2D eigenvalue weighted by Crippen LogP contribution is -2.43. The highest BCUT2D eigenvalue weighted by atomic mass is 16.4. The maximum atomic E-state index is 8.78. The Bertz CT molecular complexity index is 7290. The molecule has 17 aromatic rings. The van der Waals surface area contributed by atoms with Gasteiger partial charge >= 0.3 is 0 Å². The Morgan fingerprint density at radius 1 is 0.339 bits per heavy atom. The summed E-state index contributed by atoms with van der Waals surface area (Å²) in [4.78, 5) is 66.5. The molecule has 7 unspecified atom stereocenters. The van der Waals surface area contributed by atoms with E-state index in [1.54, 1.807) is 35.9 Å². The molecular weight excluding hydrogens is 1580 g/mol. The molecule has 127 heavy (non-hydrogen) atoms. The van der Waals surface area contributed by atoms with E-state index in [1.165, 1.54) is 53.7 Å². The number of aryl methyl sites for hydroxylation is 9. The molecule has 5 aliphatic rings. The Kier molecular flexibility index (Phi) is 17.9. The molecule has 0 N–H and O–H groups in total. The van der Waals surface area contributed by atoms with E-state index in [0.29, 0.717) is 86.0 Å². The second-order valence-corrected chi connectivity index (χ2v) is 35.4. The first-order valence-corrected chi connectivity index (χ1v) is 43.1. The lowest BCUT2D eigenvalue weighted by Gasteiger charge is -2.38. The molecule has 7 atom stereocenters. The molecule has 0 aliphatic carbocycles. The van der Waals surface area contributed by atoms with Crippen molar-refractivity contribution in [3.63, 3.8) is 0 Å². The van der Waals surface area contributed by atoms with Crippen molar-refractivity contribution in [2.24, 2.45) is 5.41 Å². The van der Waals surface area contributed by atoms with E-state index in [0.717, 1.165) is 128 Å². The van der Waals surface area contributed by atoms with Crippen LogP contribution in [0.4, 0.5) is 74.8 Å². The van der Waals surface area contributed by atoms with E-state index in [1.807, 2.05) is 194 Å². The maximum absolute atomic E-state index is 8.78. The van der Waals surface area contributed by atoms with Crippen molar-refractivity contribution in [2.75, 3.05) is 51.1 Å². The van der Waals surface area contributed by atoms with Crippen LogP contribution in [0.25, 0.3) is 88.3 Å². The van der Waals surface area contributed by atoms with E-state index >= 15 is 0 Å². The molecule has 650 valence electrons. The zero-order valence-corrected chi connectivity index (χ0v) is 75.9. The van der Waals surface area contributed by atoms with Crippen LogP contribution in [-0.4, -0.2) is 116 Å². The molecule has 0 amide bonds. The van der Waals surface area contributed by atoms with E-state index in [-0.39, 0.29) is 11.7 Å². The minimum Gasteiger partial charge on any atom is -0.435 e. The zero-order valence-electron chi connectivity index (χ0n) is 87.9. The van der Waals surface area contributed by atoms with Gasteiger partial charge in [-0.1, -0.05) is 80.6 Å². The molecule has 5 aliphatic heterocycles. The first-order valence-electron chi connectivity index (χ1n) is 49.1.